The van der Waals surface area contributed by atoms with E-state index in [-0.39, 0.29) is 0 Å². The van der Waals surface area contributed by atoms with Crippen molar-refractivity contribution in [2.45, 2.75) is 13.8 Å². The summed E-state index contributed by atoms with van der Waals surface area (Å²) in [4.78, 5) is 1.99. The zero-order chi connectivity index (χ0) is 8.85. The molecule has 1 nitrogen and oxygen atoms in total. The highest BCUT2D eigenvalue weighted by molar-refractivity contribution is 5.25. The van der Waals surface area contributed by atoms with Crippen molar-refractivity contribution in [1.29, 1.82) is 0 Å². The first kappa shape index (κ1) is 10.0. The molecule has 0 saturated carbocycles. The van der Waals surface area contributed by atoms with Crippen molar-refractivity contribution < 1.29 is 0 Å². The number of rotatable bonds is 3. The topological polar surface area (TPSA) is 3.24 Å². The molecular weight excluding hydrogens is 134 g/mol. The molecule has 0 aromatic carbocycles. The van der Waals surface area contributed by atoms with Crippen LogP contribution in [-0.4, -0.2) is 19.0 Å². The van der Waals surface area contributed by atoms with Crippen molar-refractivity contribution in [3.05, 3.63) is 36.1 Å². The number of hydrogen-bond acceptors (Lipinski definition) is 1. The maximum atomic E-state index is 3.89. The van der Waals surface area contributed by atoms with Crippen molar-refractivity contribution >= 4 is 0 Å². The summed E-state index contributed by atoms with van der Waals surface area (Å²) in [5.41, 5.74) is 2.26. The highest BCUT2D eigenvalue weighted by atomic mass is 15.1. The van der Waals surface area contributed by atoms with Gasteiger partial charge >= 0.3 is 0 Å². The Morgan fingerprint density at radius 3 is 2.27 bits per heavy atom. The van der Waals surface area contributed by atoms with E-state index in [0.717, 1.165) is 5.70 Å². The predicted molar refractivity (Wildman–Crippen MR) is 51.4 cm³/mol. The standard InChI is InChI=1S/C10H17N/c1-6-7-9(2)8-10(3)11(4)5/h6-8H,3H2,1-2,4-5H3/b7-6-,9-8-. The van der Waals surface area contributed by atoms with Crippen LogP contribution in [-0.2, 0) is 0 Å². The van der Waals surface area contributed by atoms with Gasteiger partial charge in [0.15, 0.2) is 0 Å². The summed E-state index contributed by atoms with van der Waals surface area (Å²) in [7, 11) is 3.98. The fourth-order valence-electron chi connectivity index (χ4n) is 0.703. The summed E-state index contributed by atoms with van der Waals surface area (Å²) < 4.78 is 0. The lowest BCUT2D eigenvalue weighted by Gasteiger charge is -2.11. The first-order chi connectivity index (χ1) is 5.07. The maximum absolute atomic E-state index is 3.89. The van der Waals surface area contributed by atoms with Crippen molar-refractivity contribution in [1.82, 2.24) is 4.90 Å². The summed E-state index contributed by atoms with van der Waals surface area (Å²) in [5, 5.41) is 0. The summed E-state index contributed by atoms with van der Waals surface area (Å²) >= 11 is 0. The maximum Gasteiger partial charge on any atom is 0.0290 e. The van der Waals surface area contributed by atoms with Gasteiger partial charge in [-0.2, -0.15) is 0 Å². The third kappa shape index (κ3) is 4.43. The van der Waals surface area contributed by atoms with Gasteiger partial charge in [0.05, 0.1) is 0 Å². The van der Waals surface area contributed by atoms with Gasteiger partial charge in [0.25, 0.3) is 0 Å². The van der Waals surface area contributed by atoms with Gasteiger partial charge in [0.2, 0.25) is 0 Å². The van der Waals surface area contributed by atoms with Crippen molar-refractivity contribution in [3.63, 3.8) is 0 Å². The van der Waals surface area contributed by atoms with Gasteiger partial charge in [-0.1, -0.05) is 18.7 Å². The molecule has 0 aliphatic rings. The summed E-state index contributed by atoms with van der Waals surface area (Å²) in [6, 6.07) is 0. The van der Waals surface area contributed by atoms with Crippen LogP contribution in [0, 0.1) is 0 Å². The summed E-state index contributed by atoms with van der Waals surface area (Å²) in [6.07, 6.45) is 6.14. The van der Waals surface area contributed by atoms with E-state index in [9.17, 15) is 0 Å². The molecule has 0 heterocycles. The highest BCUT2D eigenvalue weighted by Gasteiger charge is 1.89. The molecule has 0 aromatic heterocycles. The molecule has 0 spiro atoms. The van der Waals surface area contributed by atoms with Crippen LogP contribution >= 0.6 is 0 Å². The Morgan fingerprint density at radius 2 is 1.91 bits per heavy atom. The second-order valence-electron chi connectivity index (χ2n) is 2.77. The molecule has 0 N–H and O–H groups in total. The van der Waals surface area contributed by atoms with Gasteiger partial charge in [0, 0.05) is 19.8 Å². The largest absolute Gasteiger partial charge is 0.378 e. The Balaban J connectivity index is 4.19. The van der Waals surface area contributed by atoms with Gasteiger partial charge in [-0.25, -0.2) is 0 Å². The normalized spacial score (nSPS) is 12.2. The van der Waals surface area contributed by atoms with Gasteiger partial charge in [0.1, 0.15) is 0 Å². The second-order valence-corrected chi connectivity index (χ2v) is 2.77. The first-order valence-electron chi connectivity index (χ1n) is 3.75. The molecule has 0 radical (unpaired) electrons. The molecule has 0 rings (SSSR count). The van der Waals surface area contributed by atoms with Crippen molar-refractivity contribution in [3.8, 4) is 0 Å². The van der Waals surface area contributed by atoms with Gasteiger partial charge in [-0.05, 0) is 25.5 Å². The lowest BCUT2D eigenvalue weighted by Crippen LogP contribution is -2.07. The molecule has 62 valence electrons. The van der Waals surface area contributed by atoms with Crippen LogP contribution in [0.15, 0.2) is 36.1 Å². The first-order valence-corrected chi connectivity index (χ1v) is 3.75. The molecule has 0 bridgehead atoms. The van der Waals surface area contributed by atoms with Crippen molar-refractivity contribution in [2.75, 3.05) is 14.1 Å². The molecule has 11 heavy (non-hydrogen) atoms. The lowest BCUT2D eigenvalue weighted by molar-refractivity contribution is 0.532. The smallest absolute Gasteiger partial charge is 0.0290 e. The van der Waals surface area contributed by atoms with Crippen molar-refractivity contribution in [2.24, 2.45) is 0 Å². The van der Waals surface area contributed by atoms with Crippen LogP contribution in [0.5, 0.6) is 0 Å². The van der Waals surface area contributed by atoms with Crippen LogP contribution < -0.4 is 0 Å². The van der Waals surface area contributed by atoms with Crippen LogP contribution in [0.25, 0.3) is 0 Å². The van der Waals surface area contributed by atoms with E-state index in [4.69, 9.17) is 0 Å². The fourth-order valence-corrected chi connectivity index (χ4v) is 0.703. The van der Waals surface area contributed by atoms with Gasteiger partial charge < -0.3 is 4.90 Å². The number of nitrogens with zero attached hydrogens (tertiary/aromatic N) is 1. The molecule has 0 fully saturated rings. The molecule has 0 aliphatic carbocycles. The molecule has 0 atom stereocenters. The average molecular weight is 151 g/mol. The van der Waals surface area contributed by atoms with Crippen LogP contribution in [0.2, 0.25) is 0 Å². The number of allylic oxidation sites excluding steroid dienone is 4. The zero-order valence-corrected chi connectivity index (χ0v) is 7.89. The van der Waals surface area contributed by atoms with E-state index in [2.05, 4.69) is 25.7 Å². The van der Waals surface area contributed by atoms with E-state index in [1.807, 2.05) is 32.0 Å². The fraction of sp³-hybridized carbons (Fsp3) is 0.400. The van der Waals surface area contributed by atoms with E-state index in [0.29, 0.717) is 0 Å². The van der Waals surface area contributed by atoms with Crippen LogP contribution in [0.4, 0.5) is 0 Å². The Morgan fingerprint density at radius 1 is 1.36 bits per heavy atom. The van der Waals surface area contributed by atoms with E-state index < -0.39 is 0 Å². The monoisotopic (exact) mass is 151 g/mol. The van der Waals surface area contributed by atoms with E-state index >= 15 is 0 Å². The Hall–Kier alpha value is -0.980. The number of likely N-dealkylation sites (N-methyl/N-ethyl adjacent to an activating group) is 1. The van der Waals surface area contributed by atoms with E-state index in [1.54, 1.807) is 0 Å². The number of hydrogen-bond donors (Lipinski definition) is 0. The minimum atomic E-state index is 1.03. The average Bonchev–Trinajstić information content (AvgIpc) is 1.87. The SMILES string of the molecule is C=C(/C=C(C)\C=C/C)N(C)C. The molecule has 0 aromatic rings. The zero-order valence-electron chi connectivity index (χ0n) is 7.89. The molecular formula is C10H17N. The molecule has 0 saturated heterocycles. The molecule has 0 aliphatic heterocycles. The Bertz CT molecular complexity index is 185. The lowest BCUT2D eigenvalue weighted by atomic mass is 10.2. The minimum Gasteiger partial charge on any atom is -0.378 e. The van der Waals surface area contributed by atoms with Crippen LogP contribution in [0.1, 0.15) is 13.8 Å². The summed E-state index contributed by atoms with van der Waals surface area (Å²) in [5.74, 6) is 0. The molecule has 0 unspecified atom stereocenters. The van der Waals surface area contributed by atoms with Crippen LogP contribution in [0.3, 0.4) is 0 Å². The quantitative estimate of drug-likeness (QED) is 0.560. The Labute approximate surface area is 69.7 Å². The van der Waals surface area contributed by atoms with Gasteiger partial charge in [-0.3, -0.25) is 0 Å². The third-order valence-electron chi connectivity index (χ3n) is 1.40. The predicted octanol–water partition coefficient (Wildman–Crippen LogP) is 2.58. The second kappa shape index (κ2) is 4.78. The third-order valence-corrected chi connectivity index (χ3v) is 1.40. The molecule has 0 amide bonds. The molecule has 1 heteroatoms. The Kier molecular flexibility index (Phi) is 4.35. The summed E-state index contributed by atoms with van der Waals surface area (Å²) in [6.45, 7) is 7.97. The minimum absolute atomic E-state index is 1.03. The van der Waals surface area contributed by atoms with E-state index in [1.165, 1.54) is 5.57 Å². The van der Waals surface area contributed by atoms with Gasteiger partial charge in [-0.15, -0.1) is 0 Å². The highest BCUT2D eigenvalue weighted by Crippen LogP contribution is 2.03.